The molecule has 0 aliphatic carbocycles. The fourth-order valence-electron chi connectivity index (χ4n) is 1.07. The van der Waals surface area contributed by atoms with E-state index in [1.165, 1.54) is 15.7 Å². The Labute approximate surface area is 82.3 Å². The predicted octanol–water partition coefficient (Wildman–Crippen LogP) is 3.58. The summed E-state index contributed by atoms with van der Waals surface area (Å²) in [5.74, 6) is 0. The van der Waals surface area contributed by atoms with Crippen LogP contribution in [0.5, 0.6) is 0 Å². The number of anilines is 1. The Kier molecular flexibility index (Phi) is 3.15. The van der Waals surface area contributed by atoms with Crippen LogP contribution in [0.1, 0.15) is 19.4 Å². The minimum Gasteiger partial charge on any atom is -0.382 e. The van der Waals surface area contributed by atoms with Gasteiger partial charge in [-0.2, -0.15) is 0 Å². The van der Waals surface area contributed by atoms with Gasteiger partial charge in [-0.3, -0.25) is 0 Å². The second-order valence-electron chi connectivity index (χ2n) is 3.24. The summed E-state index contributed by atoms with van der Waals surface area (Å²) in [6.45, 7) is 6.36. The van der Waals surface area contributed by atoms with Crippen LogP contribution in [0.15, 0.2) is 22.7 Å². The van der Waals surface area contributed by atoms with Crippen molar-refractivity contribution in [3.63, 3.8) is 0 Å². The van der Waals surface area contributed by atoms with Crippen LogP contribution in [0.25, 0.3) is 0 Å². The second-order valence-corrected chi connectivity index (χ2v) is 4.03. The van der Waals surface area contributed by atoms with Crippen molar-refractivity contribution in [1.82, 2.24) is 0 Å². The zero-order valence-corrected chi connectivity index (χ0v) is 9.27. The van der Waals surface area contributed by atoms with Crippen molar-refractivity contribution in [3.8, 4) is 0 Å². The number of nitrogens with one attached hydrogen (secondary N) is 1. The third-order valence-corrected chi connectivity index (χ3v) is 2.69. The molecule has 0 radical (unpaired) electrons. The molecule has 0 heterocycles. The average Bonchev–Trinajstić information content (AvgIpc) is 1.98. The molecule has 12 heavy (non-hydrogen) atoms. The Morgan fingerprint density at radius 1 is 1.33 bits per heavy atom. The molecule has 0 aliphatic rings. The van der Waals surface area contributed by atoms with E-state index in [9.17, 15) is 0 Å². The maximum absolute atomic E-state index is 3.55. The van der Waals surface area contributed by atoms with Gasteiger partial charge in [0.25, 0.3) is 0 Å². The van der Waals surface area contributed by atoms with Gasteiger partial charge in [0, 0.05) is 16.2 Å². The standard InChI is InChI=1S/C10H14BrN/c1-7(2)12-9-6-4-5-8(3)10(9)11/h4-7,12H,1-3H3. The SMILES string of the molecule is Cc1cccc(NC(C)C)c1Br. The van der Waals surface area contributed by atoms with E-state index in [0.717, 1.165) is 0 Å². The van der Waals surface area contributed by atoms with Crippen LogP contribution in [0, 0.1) is 6.92 Å². The van der Waals surface area contributed by atoms with E-state index in [4.69, 9.17) is 0 Å². The molecule has 0 atom stereocenters. The quantitative estimate of drug-likeness (QED) is 0.815. The van der Waals surface area contributed by atoms with Gasteiger partial charge in [0.1, 0.15) is 0 Å². The topological polar surface area (TPSA) is 12.0 Å². The Morgan fingerprint density at radius 3 is 2.58 bits per heavy atom. The molecule has 0 aliphatic heterocycles. The van der Waals surface area contributed by atoms with Crippen molar-refractivity contribution >= 4 is 21.6 Å². The van der Waals surface area contributed by atoms with E-state index in [2.05, 4.69) is 60.2 Å². The summed E-state index contributed by atoms with van der Waals surface area (Å²) in [7, 11) is 0. The van der Waals surface area contributed by atoms with Crippen LogP contribution >= 0.6 is 15.9 Å². The number of benzene rings is 1. The Bertz CT molecular complexity index is 269. The van der Waals surface area contributed by atoms with Crippen molar-refractivity contribution in [2.75, 3.05) is 5.32 Å². The second kappa shape index (κ2) is 3.94. The number of aryl methyl sites for hydroxylation is 1. The van der Waals surface area contributed by atoms with Gasteiger partial charge in [-0.1, -0.05) is 12.1 Å². The number of rotatable bonds is 2. The van der Waals surface area contributed by atoms with Crippen molar-refractivity contribution in [3.05, 3.63) is 28.2 Å². The normalized spacial score (nSPS) is 10.4. The minimum atomic E-state index is 0.475. The molecule has 1 N–H and O–H groups in total. The molecule has 0 fully saturated rings. The molecule has 1 aromatic carbocycles. The van der Waals surface area contributed by atoms with Gasteiger partial charge in [-0.25, -0.2) is 0 Å². The van der Waals surface area contributed by atoms with Crippen molar-refractivity contribution < 1.29 is 0 Å². The van der Waals surface area contributed by atoms with E-state index in [1.807, 2.05) is 0 Å². The molecule has 0 saturated carbocycles. The summed E-state index contributed by atoms with van der Waals surface area (Å²) in [4.78, 5) is 0. The van der Waals surface area contributed by atoms with Crippen LogP contribution in [-0.2, 0) is 0 Å². The summed E-state index contributed by atoms with van der Waals surface area (Å²) in [6, 6.07) is 6.71. The lowest BCUT2D eigenvalue weighted by molar-refractivity contribution is 0.898. The van der Waals surface area contributed by atoms with E-state index in [1.54, 1.807) is 0 Å². The average molecular weight is 228 g/mol. The minimum absolute atomic E-state index is 0.475. The highest BCUT2D eigenvalue weighted by Crippen LogP contribution is 2.25. The van der Waals surface area contributed by atoms with Crippen LogP contribution in [0.4, 0.5) is 5.69 Å². The molecule has 66 valence electrons. The lowest BCUT2D eigenvalue weighted by atomic mass is 10.2. The molecule has 1 aromatic rings. The third kappa shape index (κ3) is 2.24. The largest absolute Gasteiger partial charge is 0.382 e. The van der Waals surface area contributed by atoms with E-state index >= 15 is 0 Å². The molecule has 0 unspecified atom stereocenters. The van der Waals surface area contributed by atoms with E-state index in [0.29, 0.717) is 6.04 Å². The summed E-state index contributed by atoms with van der Waals surface area (Å²) >= 11 is 3.55. The predicted molar refractivity (Wildman–Crippen MR) is 57.6 cm³/mol. The summed E-state index contributed by atoms with van der Waals surface area (Å²) in [6.07, 6.45) is 0. The van der Waals surface area contributed by atoms with E-state index < -0.39 is 0 Å². The van der Waals surface area contributed by atoms with Crippen LogP contribution in [-0.4, -0.2) is 6.04 Å². The number of hydrogen-bond acceptors (Lipinski definition) is 1. The molecule has 1 rings (SSSR count). The third-order valence-electron chi connectivity index (χ3n) is 1.64. The van der Waals surface area contributed by atoms with Gasteiger partial charge < -0.3 is 5.32 Å². The first-order valence-corrected chi connectivity index (χ1v) is 4.92. The first kappa shape index (κ1) is 9.59. The highest BCUT2D eigenvalue weighted by Gasteiger charge is 2.01. The Hall–Kier alpha value is -0.500. The molecular formula is C10H14BrN. The zero-order chi connectivity index (χ0) is 9.14. The van der Waals surface area contributed by atoms with Crippen LogP contribution in [0.2, 0.25) is 0 Å². The molecule has 1 nitrogen and oxygen atoms in total. The van der Waals surface area contributed by atoms with Crippen molar-refractivity contribution in [2.24, 2.45) is 0 Å². The summed E-state index contributed by atoms with van der Waals surface area (Å²) in [5.41, 5.74) is 2.44. The first-order valence-electron chi connectivity index (χ1n) is 4.13. The monoisotopic (exact) mass is 227 g/mol. The lowest BCUT2D eigenvalue weighted by Crippen LogP contribution is -2.10. The molecule has 0 saturated heterocycles. The fraction of sp³-hybridized carbons (Fsp3) is 0.400. The molecular weight excluding hydrogens is 214 g/mol. The van der Waals surface area contributed by atoms with Gasteiger partial charge in [-0.05, 0) is 48.3 Å². The molecule has 2 heteroatoms. The zero-order valence-electron chi connectivity index (χ0n) is 7.69. The van der Waals surface area contributed by atoms with Gasteiger partial charge in [-0.15, -0.1) is 0 Å². The van der Waals surface area contributed by atoms with Crippen LogP contribution < -0.4 is 5.32 Å². The molecule has 0 amide bonds. The highest BCUT2D eigenvalue weighted by molar-refractivity contribution is 9.10. The maximum atomic E-state index is 3.55. The van der Waals surface area contributed by atoms with Crippen LogP contribution in [0.3, 0.4) is 0 Å². The van der Waals surface area contributed by atoms with Crippen molar-refractivity contribution in [1.29, 1.82) is 0 Å². The number of halogens is 1. The maximum Gasteiger partial charge on any atom is 0.0489 e. The van der Waals surface area contributed by atoms with Gasteiger partial charge >= 0.3 is 0 Å². The van der Waals surface area contributed by atoms with Crippen molar-refractivity contribution in [2.45, 2.75) is 26.8 Å². The van der Waals surface area contributed by atoms with Gasteiger partial charge in [0.05, 0.1) is 0 Å². The Morgan fingerprint density at radius 2 is 2.00 bits per heavy atom. The fourth-order valence-corrected chi connectivity index (χ4v) is 1.45. The highest BCUT2D eigenvalue weighted by atomic mass is 79.9. The first-order chi connectivity index (χ1) is 5.61. The van der Waals surface area contributed by atoms with Gasteiger partial charge in [0.2, 0.25) is 0 Å². The molecule has 0 aromatic heterocycles. The Balaban J connectivity index is 2.92. The lowest BCUT2D eigenvalue weighted by Gasteiger charge is -2.12. The molecule has 0 spiro atoms. The number of hydrogen-bond donors (Lipinski definition) is 1. The molecule has 0 bridgehead atoms. The summed E-state index contributed by atoms with van der Waals surface area (Å²) in [5, 5.41) is 3.37. The van der Waals surface area contributed by atoms with E-state index in [-0.39, 0.29) is 0 Å². The van der Waals surface area contributed by atoms with Gasteiger partial charge in [0.15, 0.2) is 0 Å². The smallest absolute Gasteiger partial charge is 0.0489 e. The summed E-state index contributed by atoms with van der Waals surface area (Å²) < 4.78 is 1.17.